The molecule has 6 nitrogen and oxygen atoms in total. The molecule has 98 valence electrons. The summed E-state index contributed by atoms with van der Waals surface area (Å²) < 4.78 is 0. The zero-order valence-electron chi connectivity index (χ0n) is 10.4. The standard InChI is InChI=1S/C12H16N2O4/c1-3-13(6-7-15)12(16)11-8-10(14(17)18)5-4-9(11)2/h4-5,8,15H,3,6-7H2,1-2H3. The first-order valence-electron chi connectivity index (χ1n) is 5.66. The number of amides is 1. The number of nitro benzene ring substituents is 1. The molecule has 1 aromatic carbocycles. The fourth-order valence-corrected chi connectivity index (χ4v) is 1.65. The normalized spacial score (nSPS) is 10.2. The molecule has 0 radical (unpaired) electrons. The van der Waals surface area contributed by atoms with Crippen LogP contribution in [0, 0.1) is 17.0 Å². The summed E-state index contributed by atoms with van der Waals surface area (Å²) in [5.74, 6) is -0.298. The summed E-state index contributed by atoms with van der Waals surface area (Å²) in [6, 6.07) is 4.20. The van der Waals surface area contributed by atoms with Gasteiger partial charge in [-0.05, 0) is 19.4 Å². The van der Waals surface area contributed by atoms with Gasteiger partial charge in [0.2, 0.25) is 0 Å². The van der Waals surface area contributed by atoms with Gasteiger partial charge in [0.05, 0.1) is 11.5 Å². The van der Waals surface area contributed by atoms with Crippen LogP contribution >= 0.6 is 0 Å². The highest BCUT2D eigenvalue weighted by atomic mass is 16.6. The van der Waals surface area contributed by atoms with E-state index in [1.165, 1.54) is 17.0 Å². The van der Waals surface area contributed by atoms with E-state index in [9.17, 15) is 14.9 Å². The number of likely N-dealkylation sites (N-methyl/N-ethyl adjacent to an activating group) is 1. The second kappa shape index (κ2) is 6.11. The second-order valence-electron chi connectivity index (χ2n) is 3.86. The molecule has 0 spiro atoms. The van der Waals surface area contributed by atoms with Crippen molar-refractivity contribution in [2.24, 2.45) is 0 Å². The van der Waals surface area contributed by atoms with Crippen LogP contribution in [0.3, 0.4) is 0 Å². The van der Waals surface area contributed by atoms with E-state index in [0.29, 0.717) is 17.7 Å². The number of hydrogen-bond acceptors (Lipinski definition) is 4. The number of rotatable bonds is 5. The number of hydrogen-bond donors (Lipinski definition) is 1. The fourth-order valence-electron chi connectivity index (χ4n) is 1.65. The average Bonchev–Trinajstić information content (AvgIpc) is 2.35. The van der Waals surface area contributed by atoms with Crippen LogP contribution in [0.2, 0.25) is 0 Å². The number of non-ortho nitro benzene ring substituents is 1. The molecule has 0 heterocycles. The highest BCUT2D eigenvalue weighted by Crippen LogP contribution is 2.18. The first-order chi connectivity index (χ1) is 8.51. The van der Waals surface area contributed by atoms with E-state index >= 15 is 0 Å². The second-order valence-corrected chi connectivity index (χ2v) is 3.86. The molecule has 0 atom stereocenters. The van der Waals surface area contributed by atoms with Crippen LogP contribution in [0.25, 0.3) is 0 Å². The molecule has 1 N–H and O–H groups in total. The van der Waals surface area contributed by atoms with Crippen LogP contribution in [0.5, 0.6) is 0 Å². The predicted molar refractivity (Wildman–Crippen MR) is 66.5 cm³/mol. The van der Waals surface area contributed by atoms with Crippen LogP contribution in [0.4, 0.5) is 5.69 Å². The van der Waals surface area contributed by atoms with Gasteiger partial charge in [-0.1, -0.05) is 6.07 Å². The Hall–Kier alpha value is -1.95. The number of carbonyl (C=O) groups is 1. The summed E-state index contributed by atoms with van der Waals surface area (Å²) in [4.78, 5) is 23.8. The summed E-state index contributed by atoms with van der Waals surface area (Å²) in [7, 11) is 0. The van der Waals surface area contributed by atoms with Crippen LogP contribution in [0.1, 0.15) is 22.8 Å². The Morgan fingerprint density at radius 3 is 2.67 bits per heavy atom. The first kappa shape index (κ1) is 14.1. The van der Waals surface area contributed by atoms with Crippen LogP contribution in [-0.4, -0.2) is 40.5 Å². The molecule has 0 aliphatic carbocycles. The van der Waals surface area contributed by atoms with E-state index < -0.39 is 4.92 Å². The fraction of sp³-hybridized carbons (Fsp3) is 0.417. The largest absolute Gasteiger partial charge is 0.395 e. The number of carbonyl (C=O) groups excluding carboxylic acids is 1. The maximum atomic E-state index is 12.2. The highest BCUT2D eigenvalue weighted by molar-refractivity contribution is 5.96. The van der Waals surface area contributed by atoms with Gasteiger partial charge < -0.3 is 10.0 Å². The third-order valence-corrected chi connectivity index (χ3v) is 2.70. The van der Waals surface area contributed by atoms with Gasteiger partial charge in [0, 0.05) is 30.8 Å². The zero-order valence-corrected chi connectivity index (χ0v) is 10.4. The molecular formula is C12H16N2O4. The van der Waals surface area contributed by atoms with Crippen molar-refractivity contribution < 1.29 is 14.8 Å². The first-order valence-corrected chi connectivity index (χ1v) is 5.66. The Kier molecular flexibility index (Phi) is 4.79. The maximum absolute atomic E-state index is 12.2. The number of aliphatic hydroxyl groups excluding tert-OH is 1. The molecule has 0 bridgehead atoms. The molecule has 0 aromatic heterocycles. The zero-order chi connectivity index (χ0) is 13.7. The van der Waals surface area contributed by atoms with E-state index in [0.717, 1.165) is 0 Å². The molecule has 1 amide bonds. The van der Waals surface area contributed by atoms with Crippen molar-refractivity contribution in [2.75, 3.05) is 19.7 Å². The summed E-state index contributed by atoms with van der Waals surface area (Å²) in [5.41, 5.74) is 0.880. The summed E-state index contributed by atoms with van der Waals surface area (Å²) in [5, 5.41) is 19.6. The van der Waals surface area contributed by atoms with Crippen molar-refractivity contribution in [2.45, 2.75) is 13.8 Å². The molecule has 0 unspecified atom stereocenters. The van der Waals surface area contributed by atoms with Gasteiger partial charge >= 0.3 is 0 Å². The summed E-state index contributed by atoms with van der Waals surface area (Å²) >= 11 is 0. The number of aliphatic hydroxyl groups is 1. The van der Waals surface area contributed by atoms with Crippen molar-refractivity contribution >= 4 is 11.6 Å². The van der Waals surface area contributed by atoms with Gasteiger partial charge in [-0.3, -0.25) is 14.9 Å². The quantitative estimate of drug-likeness (QED) is 0.633. The van der Waals surface area contributed by atoms with Crippen LogP contribution < -0.4 is 0 Å². The van der Waals surface area contributed by atoms with E-state index in [2.05, 4.69) is 0 Å². The lowest BCUT2D eigenvalue weighted by Gasteiger charge is -2.20. The van der Waals surface area contributed by atoms with Crippen molar-refractivity contribution in [1.82, 2.24) is 4.90 Å². The van der Waals surface area contributed by atoms with E-state index in [-0.39, 0.29) is 24.7 Å². The van der Waals surface area contributed by atoms with Gasteiger partial charge in [-0.2, -0.15) is 0 Å². The van der Waals surface area contributed by atoms with Gasteiger partial charge in [0.25, 0.3) is 11.6 Å². The molecule has 0 aliphatic rings. The number of nitro groups is 1. The Labute approximate surface area is 105 Å². The van der Waals surface area contributed by atoms with Crippen molar-refractivity contribution in [3.05, 3.63) is 39.4 Å². The molecule has 6 heteroatoms. The minimum absolute atomic E-state index is 0.107. The topological polar surface area (TPSA) is 83.7 Å². The molecule has 1 rings (SSSR count). The van der Waals surface area contributed by atoms with Crippen molar-refractivity contribution in [1.29, 1.82) is 0 Å². The molecule has 1 aromatic rings. The Bertz CT molecular complexity index is 459. The van der Waals surface area contributed by atoms with Gasteiger partial charge in [0.1, 0.15) is 0 Å². The van der Waals surface area contributed by atoms with E-state index in [1.54, 1.807) is 19.9 Å². The number of benzene rings is 1. The smallest absolute Gasteiger partial charge is 0.270 e. The Morgan fingerprint density at radius 2 is 2.17 bits per heavy atom. The molecular weight excluding hydrogens is 236 g/mol. The Balaban J connectivity index is 3.10. The number of nitrogens with zero attached hydrogens (tertiary/aromatic N) is 2. The highest BCUT2D eigenvalue weighted by Gasteiger charge is 2.18. The van der Waals surface area contributed by atoms with E-state index in [1.807, 2.05) is 0 Å². The van der Waals surface area contributed by atoms with Crippen LogP contribution in [-0.2, 0) is 0 Å². The van der Waals surface area contributed by atoms with E-state index in [4.69, 9.17) is 5.11 Å². The third kappa shape index (κ3) is 3.04. The van der Waals surface area contributed by atoms with Gasteiger partial charge in [0.15, 0.2) is 0 Å². The monoisotopic (exact) mass is 252 g/mol. The Morgan fingerprint density at radius 1 is 1.50 bits per heavy atom. The number of aryl methyl sites for hydroxylation is 1. The maximum Gasteiger partial charge on any atom is 0.270 e. The predicted octanol–water partition coefficient (Wildman–Crippen LogP) is 1.36. The third-order valence-electron chi connectivity index (χ3n) is 2.70. The van der Waals surface area contributed by atoms with Crippen molar-refractivity contribution in [3.63, 3.8) is 0 Å². The van der Waals surface area contributed by atoms with Gasteiger partial charge in [-0.15, -0.1) is 0 Å². The minimum atomic E-state index is -0.529. The van der Waals surface area contributed by atoms with Gasteiger partial charge in [-0.25, -0.2) is 0 Å². The molecule has 0 aliphatic heterocycles. The average molecular weight is 252 g/mol. The summed E-state index contributed by atoms with van der Waals surface area (Å²) in [6.45, 7) is 4.05. The lowest BCUT2D eigenvalue weighted by atomic mass is 10.1. The molecule has 0 saturated heterocycles. The lowest BCUT2D eigenvalue weighted by Crippen LogP contribution is -2.33. The van der Waals surface area contributed by atoms with Crippen LogP contribution in [0.15, 0.2) is 18.2 Å². The molecule has 0 saturated carbocycles. The minimum Gasteiger partial charge on any atom is -0.395 e. The lowest BCUT2D eigenvalue weighted by molar-refractivity contribution is -0.384. The van der Waals surface area contributed by atoms with Crippen molar-refractivity contribution in [3.8, 4) is 0 Å². The summed E-state index contributed by atoms with van der Waals surface area (Å²) in [6.07, 6.45) is 0. The molecule has 0 fully saturated rings. The molecule has 18 heavy (non-hydrogen) atoms. The SMILES string of the molecule is CCN(CCO)C(=O)c1cc([N+](=O)[O-])ccc1C.